The molecule has 4 aromatic rings. The Bertz CT molecular complexity index is 1300. The first-order chi connectivity index (χ1) is 14.7. The molecule has 31 heavy (non-hydrogen) atoms. The van der Waals surface area contributed by atoms with E-state index in [1.165, 1.54) is 42.5 Å². The van der Waals surface area contributed by atoms with Crippen LogP contribution in [0.3, 0.4) is 0 Å². The first kappa shape index (κ1) is 21.5. The Morgan fingerprint density at radius 2 is 1.65 bits per heavy atom. The quantitative estimate of drug-likeness (QED) is 0.286. The molecule has 3 nitrogen and oxygen atoms in total. The zero-order chi connectivity index (χ0) is 22.2. The minimum absolute atomic E-state index is 0.0222. The summed E-state index contributed by atoms with van der Waals surface area (Å²) in [7, 11) is 0. The van der Waals surface area contributed by atoms with Gasteiger partial charge in [0, 0.05) is 15.6 Å². The van der Waals surface area contributed by atoms with Gasteiger partial charge in [-0.05, 0) is 47.5 Å². The summed E-state index contributed by atoms with van der Waals surface area (Å²) in [4.78, 5) is 13.0. The molecular formula is C23H13BrClF3O3. The smallest absolute Gasteiger partial charge is 0.450 e. The SMILES string of the molecule is O=c1c(-c2ccc(Cl)cc2)c(C(F)(F)F)oc2cc(OCc3ccc(Br)cc3)ccc12. The molecule has 0 aliphatic heterocycles. The van der Waals surface area contributed by atoms with Gasteiger partial charge in [0.1, 0.15) is 17.9 Å². The van der Waals surface area contributed by atoms with Crippen LogP contribution in [-0.2, 0) is 12.8 Å². The second-order valence-electron chi connectivity index (χ2n) is 6.71. The maximum absolute atomic E-state index is 13.7. The maximum Gasteiger partial charge on any atom is 0.450 e. The van der Waals surface area contributed by atoms with E-state index in [-0.39, 0.29) is 28.9 Å². The van der Waals surface area contributed by atoms with Crippen LogP contribution in [0.2, 0.25) is 5.02 Å². The summed E-state index contributed by atoms with van der Waals surface area (Å²) in [5, 5.41) is 0.365. The first-order valence-electron chi connectivity index (χ1n) is 9.03. The van der Waals surface area contributed by atoms with E-state index in [4.69, 9.17) is 20.8 Å². The highest BCUT2D eigenvalue weighted by Crippen LogP contribution is 2.38. The Hall–Kier alpha value is -2.77. The molecule has 1 aromatic heterocycles. The minimum Gasteiger partial charge on any atom is -0.489 e. The van der Waals surface area contributed by atoms with Gasteiger partial charge in [0.25, 0.3) is 0 Å². The number of alkyl halides is 3. The summed E-state index contributed by atoms with van der Waals surface area (Å²) < 4.78 is 53.0. The molecule has 8 heteroatoms. The van der Waals surface area contributed by atoms with Gasteiger partial charge in [-0.15, -0.1) is 0 Å². The van der Waals surface area contributed by atoms with Gasteiger partial charge in [-0.2, -0.15) is 13.2 Å². The molecule has 0 N–H and O–H groups in total. The molecule has 0 atom stereocenters. The van der Waals surface area contributed by atoms with Crippen molar-refractivity contribution in [1.29, 1.82) is 0 Å². The number of hydrogen-bond acceptors (Lipinski definition) is 3. The number of rotatable bonds is 4. The van der Waals surface area contributed by atoms with Crippen molar-refractivity contribution in [3.63, 3.8) is 0 Å². The highest BCUT2D eigenvalue weighted by atomic mass is 79.9. The number of fused-ring (bicyclic) bond motifs is 1. The van der Waals surface area contributed by atoms with Crippen molar-refractivity contribution in [3.8, 4) is 16.9 Å². The molecule has 0 saturated carbocycles. The fourth-order valence-electron chi connectivity index (χ4n) is 3.09. The second kappa shape index (κ2) is 8.40. The number of benzene rings is 3. The van der Waals surface area contributed by atoms with E-state index in [0.29, 0.717) is 5.02 Å². The van der Waals surface area contributed by atoms with Crippen LogP contribution in [0, 0.1) is 0 Å². The van der Waals surface area contributed by atoms with Crippen LogP contribution in [0.1, 0.15) is 11.3 Å². The average molecular weight is 510 g/mol. The predicted octanol–water partition coefficient (Wildman–Crippen LogP) is 7.47. The third kappa shape index (κ3) is 4.62. The van der Waals surface area contributed by atoms with Gasteiger partial charge >= 0.3 is 6.18 Å². The monoisotopic (exact) mass is 508 g/mol. The lowest BCUT2D eigenvalue weighted by Crippen LogP contribution is -2.16. The van der Waals surface area contributed by atoms with Gasteiger partial charge in [0.2, 0.25) is 11.2 Å². The zero-order valence-electron chi connectivity index (χ0n) is 15.7. The summed E-state index contributed by atoms with van der Waals surface area (Å²) in [6, 6.07) is 17.2. The van der Waals surface area contributed by atoms with E-state index in [0.717, 1.165) is 10.0 Å². The Morgan fingerprint density at radius 3 is 2.29 bits per heavy atom. The van der Waals surface area contributed by atoms with E-state index in [1.807, 2.05) is 24.3 Å². The van der Waals surface area contributed by atoms with Crippen molar-refractivity contribution in [2.24, 2.45) is 0 Å². The molecule has 0 bridgehead atoms. The molecule has 0 saturated heterocycles. The summed E-state index contributed by atoms with van der Waals surface area (Å²) in [5.41, 5.74) is -0.597. The van der Waals surface area contributed by atoms with Crippen molar-refractivity contribution in [2.45, 2.75) is 12.8 Å². The molecular weight excluding hydrogens is 497 g/mol. The molecule has 4 rings (SSSR count). The fraction of sp³-hybridized carbons (Fsp3) is 0.0870. The average Bonchev–Trinajstić information content (AvgIpc) is 2.73. The van der Waals surface area contributed by atoms with Crippen LogP contribution >= 0.6 is 27.5 Å². The summed E-state index contributed by atoms with van der Waals surface area (Å²) in [6.45, 7) is 0.206. The van der Waals surface area contributed by atoms with Gasteiger partial charge in [0.15, 0.2) is 0 Å². The molecule has 0 unspecified atom stereocenters. The van der Waals surface area contributed by atoms with Gasteiger partial charge in [-0.1, -0.05) is 51.8 Å². The third-order valence-electron chi connectivity index (χ3n) is 4.57. The van der Waals surface area contributed by atoms with E-state index in [9.17, 15) is 18.0 Å². The highest BCUT2D eigenvalue weighted by molar-refractivity contribution is 9.10. The summed E-state index contributed by atoms with van der Waals surface area (Å²) in [5.74, 6) is -1.08. The molecule has 0 amide bonds. The standard InChI is InChI=1S/C23H13BrClF3O3/c24-15-5-1-13(2-6-15)12-30-17-9-10-18-19(11-17)31-22(23(26,27)28)20(21(18)29)14-3-7-16(25)8-4-14/h1-11H,12H2. The Labute approximate surface area is 188 Å². The normalized spacial score (nSPS) is 11.6. The highest BCUT2D eigenvalue weighted by Gasteiger charge is 2.39. The third-order valence-corrected chi connectivity index (χ3v) is 5.35. The lowest BCUT2D eigenvalue weighted by Gasteiger charge is -2.13. The first-order valence-corrected chi connectivity index (χ1v) is 10.2. The number of ether oxygens (including phenoxy) is 1. The zero-order valence-corrected chi connectivity index (χ0v) is 18.0. The Morgan fingerprint density at radius 1 is 0.968 bits per heavy atom. The van der Waals surface area contributed by atoms with Crippen molar-refractivity contribution in [1.82, 2.24) is 0 Å². The predicted molar refractivity (Wildman–Crippen MR) is 116 cm³/mol. The fourth-order valence-corrected chi connectivity index (χ4v) is 3.48. The molecule has 0 spiro atoms. The molecule has 0 radical (unpaired) electrons. The van der Waals surface area contributed by atoms with Gasteiger partial charge in [0.05, 0.1) is 10.9 Å². The Kier molecular flexibility index (Phi) is 5.81. The maximum atomic E-state index is 13.7. The number of hydrogen-bond donors (Lipinski definition) is 0. The van der Waals surface area contributed by atoms with Crippen molar-refractivity contribution < 1.29 is 22.3 Å². The van der Waals surface area contributed by atoms with Crippen LogP contribution in [0.5, 0.6) is 5.75 Å². The lowest BCUT2D eigenvalue weighted by molar-refractivity contribution is -0.152. The van der Waals surface area contributed by atoms with Crippen LogP contribution in [0.15, 0.2) is 80.4 Å². The van der Waals surface area contributed by atoms with Crippen LogP contribution in [-0.4, -0.2) is 0 Å². The van der Waals surface area contributed by atoms with E-state index < -0.39 is 22.9 Å². The summed E-state index contributed by atoms with van der Waals surface area (Å²) in [6.07, 6.45) is -4.86. The van der Waals surface area contributed by atoms with Crippen LogP contribution in [0.4, 0.5) is 13.2 Å². The molecule has 1 heterocycles. The molecule has 0 aliphatic rings. The lowest BCUT2D eigenvalue weighted by atomic mass is 10.0. The molecule has 0 fully saturated rings. The van der Waals surface area contributed by atoms with E-state index in [2.05, 4.69) is 15.9 Å². The van der Waals surface area contributed by atoms with Crippen molar-refractivity contribution >= 4 is 38.5 Å². The van der Waals surface area contributed by atoms with E-state index in [1.54, 1.807) is 0 Å². The van der Waals surface area contributed by atoms with Gasteiger partial charge in [-0.3, -0.25) is 4.79 Å². The van der Waals surface area contributed by atoms with Gasteiger partial charge < -0.3 is 9.15 Å². The number of halogens is 5. The molecule has 0 aliphatic carbocycles. The Balaban J connectivity index is 1.77. The molecule has 158 valence electrons. The minimum atomic E-state index is -4.86. The largest absolute Gasteiger partial charge is 0.489 e. The van der Waals surface area contributed by atoms with Crippen LogP contribution in [0.25, 0.3) is 22.1 Å². The van der Waals surface area contributed by atoms with Crippen LogP contribution < -0.4 is 10.2 Å². The molecule has 3 aromatic carbocycles. The topological polar surface area (TPSA) is 39.4 Å². The summed E-state index contributed by atoms with van der Waals surface area (Å²) >= 11 is 9.17. The van der Waals surface area contributed by atoms with Gasteiger partial charge in [-0.25, -0.2) is 0 Å². The second-order valence-corrected chi connectivity index (χ2v) is 8.07. The van der Waals surface area contributed by atoms with Crippen molar-refractivity contribution in [2.75, 3.05) is 0 Å². The van der Waals surface area contributed by atoms with Crippen molar-refractivity contribution in [3.05, 3.63) is 97.8 Å². The van der Waals surface area contributed by atoms with E-state index >= 15 is 0 Å².